The molecule has 86 valence electrons. The highest BCUT2D eigenvalue weighted by Crippen LogP contribution is 2.26. The first-order chi connectivity index (χ1) is 7.16. The smallest absolute Gasteiger partial charge is 0.315 e. The standard InChI is InChI=1S/C10H16F2N2O/c11-9(12)10(15)13-7-3-5-14-4-1-2-8(14)6-7/h7-9H,1-6H2,(H,13,15). The summed E-state index contributed by atoms with van der Waals surface area (Å²) in [5.74, 6) is -1.12. The molecule has 0 aromatic carbocycles. The van der Waals surface area contributed by atoms with Gasteiger partial charge in [-0.15, -0.1) is 0 Å². The van der Waals surface area contributed by atoms with Gasteiger partial charge in [0.25, 0.3) is 5.91 Å². The van der Waals surface area contributed by atoms with Gasteiger partial charge in [0.2, 0.25) is 0 Å². The lowest BCUT2D eigenvalue weighted by Crippen LogP contribution is -2.48. The summed E-state index contributed by atoms with van der Waals surface area (Å²) in [7, 11) is 0. The first-order valence-corrected chi connectivity index (χ1v) is 5.49. The van der Waals surface area contributed by atoms with Gasteiger partial charge < -0.3 is 10.2 Å². The van der Waals surface area contributed by atoms with Crippen LogP contribution < -0.4 is 5.32 Å². The van der Waals surface area contributed by atoms with E-state index in [0.717, 1.165) is 32.4 Å². The quantitative estimate of drug-likeness (QED) is 0.749. The van der Waals surface area contributed by atoms with Gasteiger partial charge in [-0.2, -0.15) is 8.78 Å². The third kappa shape index (κ3) is 2.45. The molecule has 0 aromatic rings. The Morgan fingerprint density at radius 2 is 2.13 bits per heavy atom. The van der Waals surface area contributed by atoms with Crippen LogP contribution >= 0.6 is 0 Å². The normalized spacial score (nSPS) is 31.7. The van der Waals surface area contributed by atoms with Crippen LogP contribution in [0.5, 0.6) is 0 Å². The molecule has 2 rings (SSSR count). The summed E-state index contributed by atoms with van der Waals surface area (Å²) in [6.07, 6.45) is 1.08. The van der Waals surface area contributed by atoms with Gasteiger partial charge in [0.15, 0.2) is 0 Å². The van der Waals surface area contributed by atoms with Crippen molar-refractivity contribution in [3.63, 3.8) is 0 Å². The third-order valence-electron chi connectivity index (χ3n) is 3.37. The van der Waals surface area contributed by atoms with E-state index in [1.807, 2.05) is 0 Å². The van der Waals surface area contributed by atoms with Crippen LogP contribution in [0, 0.1) is 0 Å². The molecule has 0 radical (unpaired) electrons. The van der Waals surface area contributed by atoms with Gasteiger partial charge in [-0.3, -0.25) is 4.79 Å². The van der Waals surface area contributed by atoms with Crippen molar-refractivity contribution < 1.29 is 13.6 Å². The molecule has 2 fully saturated rings. The number of carbonyl (C=O) groups excluding carboxylic acids is 1. The number of hydrogen-bond donors (Lipinski definition) is 1. The third-order valence-corrected chi connectivity index (χ3v) is 3.37. The highest BCUT2D eigenvalue weighted by Gasteiger charge is 2.33. The Hall–Kier alpha value is -0.710. The minimum atomic E-state index is -2.88. The molecule has 1 amide bonds. The van der Waals surface area contributed by atoms with E-state index >= 15 is 0 Å². The van der Waals surface area contributed by atoms with E-state index in [0.29, 0.717) is 6.04 Å². The van der Waals surface area contributed by atoms with E-state index in [9.17, 15) is 13.6 Å². The van der Waals surface area contributed by atoms with Crippen LogP contribution in [-0.4, -0.2) is 42.4 Å². The Morgan fingerprint density at radius 1 is 1.33 bits per heavy atom. The maximum absolute atomic E-state index is 12.0. The van der Waals surface area contributed by atoms with Crippen LogP contribution in [0.3, 0.4) is 0 Å². The lowest BCUT2D eigenvalue weighted by atomic mass is 9.97. The van der Waals surface area contributed by atoms with Crippen LogP contribution in [0.1, 0.15) is 25.7 Å². The molecule has 0 bridgehead atoms. The number of nitrogens with zero attached hydrogens (tertiary/aromatic N) is 1. The van der Waals surface area contributed by atoms with Crippen molar-refractivity contribution in [2.45, 2.75) is 44.2 Å². The summed E-state index contributed by atoms with van der Waals surface area (Å²) in [5.41, 5.74) is 0. The zero-order chi connectivity index (χ0) is 10.8. The monoisotopic (exact) mass is 218 g/mol. The fourth-order valence-corrected chi connectivity index (χ4v) is 2.62. The zero-order valence-corrected chi connectivity index (χ0v) is 8.59. The van der Waals surface area contributed by atoms with Gasteiger partial charge in [0, 0.05) is 18.6 Å². The predicted molar refractivity (Wildman–Crippen MR) is 51.8 cm³/mol. The summed E-state index contributed by atoms with van der Waals surface area (Å²) in [6.45, 7) is 2.05. The molecule has 5 heteroatoms. The molecule has 0 aliphatic carbocycles. The topological polar surface area (TPSA) is 32.3 Å². The maximum atomic E-state index is 12.0. The van der Waals surface area contributed by atoms with Crippen LogP contribution in [0.4, 0.5) is 8.78 Å². The lowest BCUT2D eigenvalue weighted by molar-refractivity contribution is -0.132. The predicted octanol–water partition coefficient (Wildman–Crippen LogP) is 0.994. The zero-order valence-electron chi connectivity index (χ0n) is 8.59. The SMILES string of the molecule is O=C(NC1CCN2CCCC2C1)C(F)F. The van der Waals surface area contributed by atoms with E-state index in [2.05, 4.69) is 10.2 Å². The number of amides is 1. The van der Waals surface area contributed by atoms with Crippen LogP contribution in [0.15, 0.2) is 0 Å². The molecule has 0 aromatic heterocycles. The number of piperidine rings is 1. The van der Waals surface area contributed by atoms with Gasteiger partial charge >= 0.3 is 6.43 Å². The maximum Gasteiger partial charge on any atom is 0.315 e. The van der Waals surface area contributed by atoms with Crippen LogP contribution in [0.2, 0.25) is 0 Å². The lowest BCUT2D eigenvalue weighted by Gasteiger charge is -2.35. The Morgan fingerprint density at radius 3 is 2.87 bits per heavy atom. The van der Waals surface area contributed by atoms with E-state index in [1.165, 1.54) is 6.42 Å². The fraction of sp³-hybridized carbons (Fsp3) is 0.900. The molecule has 0 spiro atoms. The van der Waals surface area contributed by atoms with Crippen molar-refractivity contribution >= 4 is 5.91 Å². The number of fused-ring (bicyclic) bond motifs is 1. The Bertz CT molecular complexity index is 248. The highest BCUT2D eigenvalue weighted by atomic mass is 19.3. The molecule has 0 saturated carbocycles. The summed E-state index contributed by atoms with van der Waals surface area (Å²) < 4.78 is 24.1. The first-order valence-electron chi connectivity index (χ1n) is 5.49. The summed E-state index contributed by atoms with van der Waals surface area (Å²) >= 11 is 0. The number of carbonyl (C=O) groups is 1. The highest BCUT2D eigenvalue weighted by molar-refractivity contribution is 5.79. The molecule has 2 saturated heterocycles. The Balaban J connectivity index is 1.82. The number of nitrogens with one attached hydrogen (secondary N) is 1. The van der Waals surface area contributed by atoms with Crippen LogP contribution in [0.25, 0.3) is 0 Å². The number of rotatable bonds is 2. The van der Waals surface area contributed by atoms with Crippen molar-refractivity contribution in [2.75, 3.05) is 13.1 Å². The Labute approximate surface area is 87.8 Å². The molecule has 2 atom stereocenters. The largest absolute Gasteiger partial charge is 0.348 e. The molecule has 15 heavy (non-hydrogen) atoms. The molecule has 2 aliphatic heterocycles. The van der Waals surface area contributed by atoms with E-state index < -0.39 is 12.3 Å². The average molecular weight is 218 g/mol. The fourth-order valence-electron chi connectivity index (χ4n) is 2.62. The number of halogens is 2. The second-order valence-corrected chi connectivity index (χ2v) is 4.36. The molecular weight excluding hydrogens is 202 g/mol. The van der Waals surface area contributed by atoms with E-state index in [4.69, 9.17) is 0 Å². The summed E-state index contributed by atoms with van der Waals surface area (Å²) in [4.78, 5) is 13.2. The van der Waals surface area contributed by atoms with Gasteiger partial charge in [0.1, 0.15) is 0 Å². The van der Waals surface area contributed by atoms with Crippen molar-refractivity contribution in [1.29, 1.82) is 0 Å². The van der Waals surface area contributed by atoms with Crippen molar-refractivity contribution in [2.24, 2.45) is 0 Å². The minimum absolute atomic E-state index is 0.0501. The van der Waals surface area contributed by atoms with E-state index in [-0.39, 0.29) is 6.04 Å². The van der Waals surface area contributed by atoms with Gasteiger partial charge in [-0.05, 0) is 32.2 Å². The van der Waals surface area contributed by atoms with Gasteiger partial charge in [-0.1, -0.05) is 0 Å². The molecule has 2 aliphatic rings. The van der Waals surface area contributed by atoms with Crippen molar-refractivity contribution in [1.82, 2.24) is 10.2 Å². The summed E-state index contributed by atoms with van der Waals surface area (Å²) in [6, 6.07) is 0.451. The van der Waals surface area contributed by atoms with Gasteiger partial charge in [0.05, 0.1) is 0 Å². The summed E-state index contributed by atoms with van der Waals surface area (Å²) in [5, 5.41) is 2.42. The first kappa shape index (κ1) is 10.8. The van der Waals surface area contributed by atoms with Gasteiger partial charge in [-0.25, -0.2) is 0 Å². The second kappa shape index (κ2) is 4.43. The number of alkyl halides is 2. The molecular formula is C10H16F2N2O. The minimum Gasteiger partial charge on any atom is -0.348 e. The second-order valence-electron chi connectivity index (χ2n) is 4.36. The molecule has 2 heterocycles. The van der Waals surface area contributed by atoms with Crippen LogP contribution in [-0.2, 0) is 4.79 Å². The number of hydrogen-bond acceptors (Lipinski definition) is 2. The van der Waals surface area contributed by atoms with Crippen molar-refractivity contribution in [3.8, 4) is 0 Å². The van der Waals surface area contributed by atoms with E-state index in [1.54, 1.807) is 0 Å². The molecule has 1 N–H and O–H groups in total. The molecule has 2 unspecified atom stereocenters. The molecule has 3 nitrogen and oxygen atoms in total. The van der Waals surface area contributed by atoms with Crippen molar-refractivity contribution in [3.05, 3.63) is 0 Å². The Kier molecular flexibility index (Phi) is 3.19. The average Bonchev–Trinajstić information content (AvgIpc) is 2.64.